The predicted octanol–water partition coefficient (Wildman–Crippen LogP) is 1.33. The van der Waals surface area contributed by atoms with Crippen molar-refractivity contribution in [2.24, 2.45) is 4.99 Å². The molecule has 0 amide bonds. The summed E-state index contributed by atoms with van der Waals surface area (Å²) in [5, 5.41) is 6.53. The zero-order valence-electron chi connectivity index (χ0n) is 11.8. The Hall–Kier alpha value is 0.270. The highest BCUT2D eigenvalue weighted by Crippen LogP contribution is 2.07. The van der Waals surface area contributed by atoms with Gasteiger partial charge in [-0.3, -0.25) is 4.99 Å². The van der Waals surface area contributed by atoms with Crippen molar-refractivity contribution in [1.82, 2.24) is 10.6 Å². The lowest BCUT2D eigenvalue weighted by atomic mass is 10.3. The van der Waals surface area contributed by atoms with Crippen LogP contribution in [0.15, 0.2) is 4.99 Å². The number of nitrogens with zero attached hydrogens (tertiary/aromatic N) is 1. The smallest absolute Gasteiger partial charge is 0.191 e. The third kappa shape index (κ3) is 9.75. The van der Waals surface area contributed by atoms with Gasteiger partial charge in [0.25, 0.3) is 0 Å². The van der Waals surface area contributed by atoms with E-state index < -0.39 is 0 Å². The first kappa shape index (κ1) is 19.3. The number of ether oxygens (including phenoxy) is 2. The number of halogens is 1. The maximum Gasteiger partial charge on any atom is 0.191 e. The first-order valence-corrected chi connectivity index (χ1v) is 7.89. The number of nitrogens with one attached hydrogen (secondary N) is 2. The molecule has 0 radical (unpaired) electrons. The molecule has 0 aromatic rings. The molecule has 1 fully saturated rings. The maximum atomic E-state index is 5.69. The van der Waals surface area contributed by atoms with Gasteiger partial charge < -0.3 is 20.1 Å². The molecule has 114 valence electrons. The molecule has 1 aliphatic heterocycles. The van der Waals surface area contributed by atoms with Gasteiger partial charge in [0.2, 0.25) is 0 Å². The lowest BCUT2D eigenvalue weighted by Crippen LogP contribution is -2.39. The topological polar surface area (TPSA) is 54.9 Å². The maximum absolute atomic E-state index is 5.69. The molecule has 1 unspecified atom stereocenters. The van der Waals surface area contributed by atoms with Gasteiger partial charge in [-0.1, -0.05) is 0 Å². The fourth-order valence-electron chi connectivity index (χ4n) is 1.67. The van der Waals surface area contributed by atoms with Gasteiger partial charge in [0.05, 0.1) is 12.7 Å². The van der Waals surface area contributed by atoms with Crippen molar-refractivity contribution < 1.29 is 9.47 Å². The summed E-state index contributed by atoms with van der Waals surface area (Å²) in [4.78, 5) is 4.16. The van der Waals surface area contributed by atoms with E-state index >= 15 is 0 Å². The van der Waals surface area contributed by atoms with E-state index in [1.54, 1.807) is 7.05 Å². The molecule has 1 saturated heterocycles. The van der Waals surface area contributed by atoms with Crippen molar-refractivity contribution in [3.8, 4) is 0 Å². The summed E-state index contributed by atoms with van der Waals surface area (Å²) in [7, 11) is 1.79. The molecule has 1 atom stereocenters. The minimum atomic E-state index is 0. The highest BCUT2D eigenvalue weighted by molar-refractivity contribution is 14.0. The molecule has 0 aliphatic carbocycles. The predicted molar refractivity (Wildman–Crippen MR) is 93.0 cm³/mol. The van der Waals surface area contributed by atoms with Gasteiger partial charge in [0, 0.05) is 39.1 Å². The van der Waals surface area contributed by atoms with E-state index in [0.717, 1.165) is 57.5 Å². The summed E-state index contributed by atoms with van der Waals surface area (Å²) in [6, 6.07) is 0. The van der Waals surface area contributed by atoms with Crippen molar-refractivity contribution in [2.75, 3.05) is 52.0 Å². The SMILES string of the molecule is CN=C(NCCCOC1CCOC1)NCCSC.I. The Bertz CT molecular complexity index is 239. The van der Waals surface area contributed by atoms with E-state index in [9.17, 15) is 0 Å². The molecule has 0 aromatic heterocycles. The average Bonchev–Trinajstić information content (AvgIpc) is 2.89. The van der Waals surface area contributed by atoms with E-state index in [4.69, 9.17) is 9.47 Å². The number of rotatable bonds is 8. The van der Waals surface area contributed by atoms with Gasteiger partial charge in [-0.15, -0.1) is 24.0 Å². The Morgan fingerprint density at radius 2 is 2.21 bits per heavy atom. The molecular weight excluding hydrogens is 377 g/mol. The quantitative estimate of drug-likeness (QED) is 0.277. The van der Waals surface area contributed by atoms with Crippen molar-refractivity contribution >= 4 is 41.7 Å². The van der Waals surface area contributed by atoms with E-state index in [0.29, 0.717) is 6.10 Å². The fraction of sp³-hybridized carbons (Fsp3) is 0.917. The Balaban J connectivity index is 0.00000324. The van der Waals surface area contributed by atoms with Gasteiger partial charge in [0.1, 0.15) is 0 Å². The molecule has 0 aromatic carbocycles. The second kappa shape index (κ2) is 13.3. The second-order valence-electron chi connectivity index (χ2n) is 4.13. The minimum absolute atomic E-state index is 0. The standard InChI is InChI=1S/C12H25N3O2S.HI/c1-13-12(15-6-9-18-2)14-5-3-7-17-11-4-8-16-10-11;/h11H,3-10H2,1-2H3,(H2,13,14,15);1H. The molecule has 7 heteroatoms. The summed E-state index contributed by atoms with van der Waals surface area (Å²) >= 11 is 1.82. The largest absolute Gasteiger partial charge is 0.379 e. The lowest BCUT2D eigenvalue weighted by Gasteiger charge is -2.12. The van der Waals surface area contributed by atoms with Crippen LogP contribution in [0.4, 0.5) is 0 Å². The molecule has 19 heavy (non-hydrogen) atoms. The molecule has 0 bridgehead atoms. The van der Waals surface area contributed by atoms with Crippen LogP contribution in [0.3, 0.4) is 0 Å². The number of aliphatic imine (C=N–C) groups is 1. The van der Waals surface area contributed by atoms with Gasteiger partial charge in [0.15, 0.2) is 5.96 Å². The van der Waals surface area contributed by atoms with Crippen molar-refractivity contribution in [3.05, 3.63) is 0 Å². The van der Waals surface area contributed by atoms with Crippen LogP contribution in [0.2, 0.25) is 0 Å². The normalized spacial score (nSPS) is 19.1. The lowest BCUT2D eigenvalue weighted by molar-refractivity contribution is 0.0420. The molecular formula is C12H26IN3O2S. The monoisotopic (exact) mass is 403 g/mol. The third-order valence-corrected chi connectivity index (χ3v) is 3.29. The Labute approximate surface area is 137 Å². The summed E-state index contributed by atoms with van der Waals surface area (Å²) in [5.41, 5.74) is 0. The van der Waals surface area contributed by atoms with E-state index in [1.165, 1.54) is 0 Å². The van der Waals surface area contributed by atoms with Crippen LogP contribution in [-0.4, -0.2) is 64.0 Å². The molecule has 1 aliphatic rings. The molecule has 2 N–H and O–H groups in total. The van der Waals surface area contributed by atoms with Crippen LogP contribution >= 0.6 is 35.7 Å². The molecule has 5 nitrogen and oxygen atoms in total. The molecule has 1 rings (SSSR count). The second-order valence-corrected chi connectivity index (χ2v) is 5.11. The number of hydrogen-bond acceptors (Lipinski definition) is 4. The zero-order valence-corrected chi connectivity index (χ0v) is 15.0. The molecule has 0 saturated carbocycles. The first-order chi connectivity index (χ1) is 8.86. The third-order valence-electron chi connectivity index (χ3n) is 2.68. The van der Waals surface area contributed by atoms with E-state index in [-0.39, 0.29) is 24.0 Å². The molecule has 1 heterocycles. The highest BCUT2D eigenvalue weighted by atomic mass is 127. The van der Waals surface area contributed by atoms with Crippen LogP contribution in [0, 0.1) is 0 Å². The van der Waals surface area contributed by atoms with Crippen molar-refractivity contribution in [3.63, 3.8) is 0 Å². The van der Waals surface area contributed by atoms with Gasteiger partial charge >= 0.3 is 0 Å². The average molecular weight is 403 g/mol. The van der Waals surface area contributed by atoms with Gasteiger partial charge in [-0.05, 0) is 19.1 Å². The summed E-state index contributed by atoms with van der Waals surface area (Å²) in [6.07, 6.45) is 4.43. The highest BCUT2D eigenvalue weighted by Gasteiger charge is 2.15. The van der Waals surface area contributed by atoms with Crippen LogP contribution in [0.5, 0.6) is 0 Å². The number of hydrogen-bond donors (Lipinski definition) is 2. The Morgan fingerprint density at radius 1 is 1.42 bits per heavy atom. The van der Waals surface area contributed by atoms with Crippen LogP contribution in [0.25, 0.3) is 0 Å². The van der Waals surface area contributed by atoms with E-state index in [1.807, 2.05) is 11.8 Å². The summed E-state index contributed by atoms with van der Waals surface area (Å²) < 4.78 is 10.9. The van der Waals surface area contributed by atoms with Crippen molar-refractivity contribution in [2.45, 2.75) is 18.9 Å². The summed E-state index contributed by atoms with van der Waals surface area (Å²) in [6.45, 7) is 4.20. The zero-order chi connectivity index (χ0) is 13.1. The molecule has 0 spiro atoms. The number of guanidine groups is 1. The van der Waals surface area contributed by atoms with Gasteiger partial charge in [-0.25, -0.2) is 0 Å². The minimum Gasteiger partial charge on any atom is -0.379 e. The van der Waals surface area contributed by atoms with E-state index in [2.05, 4.69) is 21.9 Å². The van der Waals surface area contributed by atoms with Gasteiger partial charge in [-0.2, -0.15) is 11.8 Å². The Kier molecular flexibility index (Phi) is 13.5. The summed E-state index contributed by atoms with van der Waals surface area (Å²) in [5.74, 6) is 1.96. The van der Waals surface area contributed by atoms with Crippen LogP contribution in [0.1, 0.15) is 12.8 Å². The Morgan fingerprint density at radius 3 is 2.84 bits per heavy atom. The van der Waals surface area contributed by atoms with Crippen LogP contribution in [-0.2, 0) is 9.47 Å². The first-order valence-electron chi connectivity index (χ1n) is 6.49. The van der Waals surface area contributed by atoms with Crippen molar-refractivity contribution in [1.29, 1.82) is 0 Å². The van der Waals surface area contributed by atoms with Crippen LogP contribution < -0.4 is 10.6 Å². The fourth-order valence-corrected chi connectivity index (χ4v) is 1.97. The number of thioether (sulfide) groups is 1.